The highest BCUT2D eigenvalue weighted by molar-refractivity contribution is 6.36. The van der Waals surface area contributed by atoms with Gasteiger partial charge in [0.2, 0.25) is 0 Å². The Morgan fingerprint density at radius 1 is 0.955 bits per heavy atom. The normalized spacial score (nSPS) is 12.4. The molecule has 3 aromatic rings. The van der Waals surface area contributed by atoms with E-state index in [4.69, 9.17) is 23.2 Å². The van der Waals surface area contributed by atoms with E-state index in [1.165, 1.54) is 0 Å². The Balaban J connectivity index is 2.11. The Morgan fingerprint density at radius 3 is 2.36 bits per heavy atom. The third-order valence-corrected chi connectivity index (χ3v) is 4.17. The van der Waals surface area contributed by atoms with E-state index in [-0.39, 0.29) is 0 Å². The molecule has 0 amide bonds. The van der Waals surface area contributed by atoms with Crippen LogP contribution in [0.25, 0.3) is 11.1 Å². The molecule has 0 saturated carbocycles. The molecule has 0 aliphatic rings. The maximum absolute atomic E-state index is 10.7. The van der Waals surface area contributed by atoms with E-state index in [0.717, 1.165) is 22.3 Å². The fourth-order valence-electron chi connectivity index (χ4n) is 2.57. The summed E-state index contributed by atoms with van der Waals surface area (Å²) in [4.78, 5) is 0. The Morgan fingerprint density at radius 2 is 1.68 bits per heavy atom. The van der Waals surface area contributed by atoms with Crippen molar-refractivity contribution < 1.29 is 5.11 Å². The summed E-state index contributed by atoms with van der Waals surface area (Å²) in [7, 11) is 1.93. The van der Waals surface area contributed by atoms with Gasteiger partial charge in [-0.3, -0.25) is 0 Å². The van der Waals surface area contributed by atoms with Crippen molar-refractivity contribution in [1.29, 1.82) is 0 Å². The molecule has 4 heteroatoms. The highest BCUT2D eigenvalue weighted by Crippen LogP contribution is 2.37. The van der Waals surface area contributed by atoms with E-state index in [1.807, 2.05) is 60.4 Å². The van der Waals surface area contributed by atoms with Gasteiger partial charge in [-0.05, 0) is 17.7 Å². The van der Waals surface area contributed by atoms with Crippen molar-refractivity contribution >= 4 is 23.2 Å². The van der Waals surface area contributed by atoms with Gasteiger partial charge in [-0.25, -0.2) is 0 Å². The zero-order valence-electron chi connectivity index (χ0n) is 12.0. The quantitative estimate of drug-likeness (QED) is 0.711. The predicted octanol–water partition coefficient (Wildman–Crippen LogP) is 5.08. The molecule has 1 aromatic heterocycles. The SMILES string of the molecule is Cn1cc(-c2ccc(Cl)cc2Cl)c(C(O)c2ccccc2)c1. The average molecular weight is 332 g/mol. The second kappa shape index (κ2) is 6.17. The average Bonchev–Trinajstić information content (AvgIpc) is 2.89. The Hall–Kier alpha value is -1.74. The molecule has 2 aromatic carbocycles. The van der Waals surface area contributed by atoms with Crippen molar-refractivity contribution in [2.45, 2.75) is 6.10 Å². The summed E-state index contributed by atoms with van der Waals surface area (Å²) in [5.41, 5.74) is 3.43. The first-order valence-electron chi connectivity index (χ1n) is 6.90. The number of benzene rings is 2. The second-order valence-corrected chi connectivity index (χ2v) is 6.07. The Labute approximate surface area is 139 Å². The number of hydrogen-bond acceptors (Lipinski definition) is 1. The summed E-state index contributed by atoms with van der Waals surface area (Å²) in [6, 6.07) is 15.0. The van der Waals surface area contributed by atoms with Crippen molar-refractivity contribution in [3.63, 3.8) is 0 Å². The number of halogens is 2. The topological polar surface area (TPSA) is 25.2 Å². The van der Waals surface area contributed by atoms with Crippen LogP contribution < -0.4 is 0 Å². The lowest BCUT2D eigenvalue weighted by molar-refractivity contribution is 0.221. The van der Waals surface area contributed by atoms with E-state index in [0.29, 0.717) is 10.0 Å². The van der Waals surface area contributed by atoms with E-state index in [9.17, 15) is 5.11 Å². The molecule has 0 aliphatic carbocycles. The van der Waals surface area contributed by atoms with Crippen LogP contribution in [-0.4, -0.2) is 9.67 Å². The van der Waals surface area contributed by atoms with Crippen LogP contribution in [0.1, 0.15) is 17.2 Å². The van der Waals surface area contributed by atoms with Crippen LogP contribution in [0.5, 0.6) is 0 Å². The van der Waals surface area contributed by atoms with Gasteiger partial charge in [0.25, 0.3) is 0 Å². The molecule has 1 N–H and O–H groups in total. The zero-order valence-corrected chi connectivity index (χ0v) is 13.5. The van der Waals surface area contributed by atoms with Gasteiger partial charge >= 0.3 is 0 Å². The largest absolute Gasteiger partial charge is 0.384 e. The van der Waals surface area contributed by atoms with E-state index in [1.54, 1.807) is 12.1 Å². The van der Waals surface area contributed by atoms with Gasteiger partial charge in [0.1, 0.15) is 6.10 Å². The van der Waals surface area contributed by atoms with Crippen LogP contribution in [0.15, 0.2) is 60.9 Å². The van der Waals surface area contributed by atoms with Gasteiger partial charge in [0.15, 0.2) is 0 Å². The van der Waals surface area contributed by atoms with E-state index < -0.39 is 6.10 Å². The molecule has 22 heavy (non-hydrogen) atoms. The second-order valence-electron chi connectivity index (χ2n) is 5.23. The number of rotatable bonds is 3. The van der Waals surface area contributed by atoms with Crippen LogP contribution in [0.3, 0.4) is 0 Å². The fraction of sp³-hybridized carbons (Fsp3) is 0.111. The lowest BCUT2D eigenvalue weighted by Crippen LogP contribution is -2.00. The smallest absolute Gasteiger partial charge is 0.106 e. The van der Waals surface area contributed by atoms with E-state index in [2.05, 4.69) is 0 Å². The highest BCUT2D eigenvalue weighted by atomic mass is 35.5. The number of aliphatic hydroxyl groups is 1. The van der Waals surface area contributed by atoms with Crippen molar-refractivity contribution in [2.75, 3.05) is 0 Å². The van der Waals surface area contributed by atoms with Gasteiger partial charge in [0, 0.05) is 46.2 Å². The summed E-state index contributed by atoms with van der Waals surface area (Å²) in [6.07, 6.45) is 3.17. The van der Waals surface area contributed by atoms with Gasteiger partial charge < -0.3 is 9.67 Å². The Bertz CT molecular complexity index is 796. The van der Waals surface area contributed by atoms with Gasteiger partial charge in [0.05, 0.1) is 0 Å². The standard InChI is InChI=1S/C18H15Cl2NO/c1-21-10-15(14-8-7-13(19)9-17(14)20)16(11-21)18(22)12-5-3-2-4-6-12/h2-11,18,22H,1H3. The third-order valence-electron chi connectivity index (χ3n) is 3.62. The molecule has 0 saturated heterocycles. The summed E-state index contributed by atoms with van der Waals surface area (Å²) in [5.74, 6) is 0. The van der Waals surface area contributed by atoms with Crippen LogP contribution in [0, 0.1) is 0 Å². The molecule has 1 atom stereocenters. The number of nitrogens with zero attached hydrogens (tertiary/aromatic N) is 1. The van der Waals surface area contributed by atoms with Gasteiger partial charge in [-0.1, -0.05) is 59.6 Å². The van der Waals surface area contributed by atoms with Crippen molar-refractivity contribution in [3.8, 4) is 11.1 Å². The van der Waals surface area contributed by atoms with Crippen molar-refractivity contribution in [1.82, 2.24) is 4.57 Å². The molecule has 0 radical (unpaired) electrons. The Kier molecular flexibility index (Phi) is 4.25. The monoisotopic (exact) mass is 331 g/mol. The molecular formula is C18H15Cl2NO. The van der Waals surface area contributed by atoms with Crippen LogP contribution in [0.4, 0.5) is 0 Å². The van der Waals surface area contributed by atoms with Crippen LogP contribution >= 0.6 is 23.2 Å². The summed E-state index contributed by atoms with van der Waals surface area (Å²) in [6.45, 7) is 0. The molecule has 3 rings (SSSR count). The molecule has 112 valence electrons. The highest BCUT2D eigenvalue weighted by Gasteiger charge is 2.19. The van der Waals surface area contributed by atoms with Crippen molar-refractivity contribution in [2.24, 2.45) is 7.05 Å². The summed E-state index contributed by atoms with van der Waals surface area (Å²) < 4.78 is 1.92. The maximum Gasteiger partial charge on any atom is 0.106 e. The van der Waals surface area contributed by atoms with E-state index >= 15 is 0 Å². The summed E-state index contributed by atoms with van der Waals surface area (Å²) in [5, 5.41) is 11.9. The molecular weight excluding hydrogens is 317 g/mol. The number of aromatic nitrogens is 1. The molecule has 0 bridgehead atoms. The van der Waals surface area contributed by atoms with Crippen LogP contribution in [-0.2, 0) is 7.05 Å². The summed E-state index contributed by atoms with van der Waals surface area (Å²) >= 11 is 12.3. The lowest BCUT2D eigenvalue weighted by atomic mass is 9.97. The fourth-order valence-corrected chi connectivity index (χ4v) is 3.08. The number of aryl methyl sites for hydroxylation is 1. The molecule has 0 aliphatic heterocycles. The van der Waals surface area contributed by atoms with Gasteiger partial charge in [-0.2, -0.15) is 0 Å². The number of hydrogen-bond donors (Lipinski definition) is 1. The minimum absolute atomic E-state index is 0.570. The van der Waals surface area contributed by atoms with Gasteiger partial charge in [-0.15, -0.1) is 0 Å². The zero-order chi connectivity index (χ0) is 15.7. The first kappa shape index (κ1) is 15.2. The first-order chi connectivity index (χ1) is 10.6. The molecule has 2 nitrogen and oxygen atoms in total. The molecule has 1 heterocycles. The minimum Gasteiger partial charge on any atom is -0.384 e. The maximum atomic E-state index is 10.7. The van der Waals surface area contributed by atoms with Crippen LogP contribution in [0.2, 0.25) is 10.0 Å². The minimum atomic E-state index is -0.704. The number of aliphatic hydroxyl groups excluding tert-OH is 1. The third kappa shape index (κ3) is 2.91. The molecule has 0 fully saturated rings. The predicted molar refractivity (Wildman–Crippen MR) is 91.4 cm³/mol. The van der Waals surface area contributed by atoms with Crippen molar-refractivity contribution in [3.05, 3.63) is 82.1 Å². The lowest BCUT2D eigenvalue weighted by Gasteiger charge is -2.13. The first-order valence-corrected chi connectivity index (χ1v) is 7.66. The molecule has 0 spiro atoms. The molecule has 1 unspecified atom stereocenters.